The third-order valence-electron chi connectivity index (χ3n) is 6.02. The minimum atomic E-state index is -0.476. The summed E-state index contributed by atoms with van der Waals surface area (Å²) in [5.74, 6) is 0.399. The van der Waals surface area contributed by atoms with Gasteiger partial charge in [0, 0.05) is 19.3 Å². The summed E-state index contributed by atoms with van der Waals surface area (Å²) in [5.41, 5.74) is 2.06. The number of nitrogens with one attached hydrogen (secondary N) is 2. The summed E-state index contributed by atoms with van der Waals surface area (Å²) < 4.78 is 20.1. The summed E-state index contributed by atoms with van der Waals surface area (Å²) >= 11 is 0. The van der Waals surface area contributed by atoms with Crippen molar-refractivity contribution in [2.75, 3.05) is 30.4 Å². The lowest BCUT2D eigenvalue weighted by atomic mass is 10.1. The highest BCUT2D eigenvalue weighted by molar-refractivity contribution is 5.95. The average molecular weight is 461 g/mol. The highest BCUT2D eigenvalue weighted by atomic mass is 19.1. The molecule has 3 aromatic heterocycles. The Morgan fingerprint density at radius 2 is 2.03 bits per heavy atom. The molecule has 1 aliphatic rings. The summed E-state index contributed by atoms with van der Waals surface area (Å²) in [5, 5.41) is 13.3. The van der Waals surface area contributed by atoms with Crippen LogP contribution in [0, 0.1) is 5.82 Å². The molecule has 0 saturated carbocycles. The van der Waals surface area contributed by atoms with E-state index in [2.05, 4.69) is 25.2 Å². The van der Waals surface area contributed by atoms with Crippen LogP contribution in [-0.4, -0.2) is 46.4 Å². The van der Waals surface area contributed by atoms with Crippen molar-refractivity contribution in [1.29, 1.82) is 0 Å². The Morgan fingerprint density at radius 3 is 2.76 bits per heavy atom. The number of benzene rings is 1. The maximum absolute atomic E-state index is 14.8. The number of methoxy groups -OCH3 is 1. The zero-order chi connectivity index (χ0) is 23.7. The Labute approximate surface area is 195 Å². The smallest absolute Gasteiger partial charge is 0.259 e. The van der Waals surface area contributed by atoms with Crippen LogP contribution in [0.2, 0.25) is 0 Å². The molecule has 3 N–H and O–H groups in total. The quantitative estimate of drug-likeness (QED) is 0.415. The Balaban J connectivity index is 1.54. The molecule has 0 unspecified atom stereocenters. The van der Waals surface area contributed by atoms with E-state index in [1.807, 2.05) is 12.1 Å². The van der Waals surface area contributed by atoms with E-state index < -0.39 is 5.82 Å². The van der Waals surface area contributed by atoms with Gasteiger partial charge in [0.05, 0.1) is 52.9 Å². The number of pyridine rings is 3. The maximum atomic E-state index is 14.8. The largest absolute Gasteiger partial charge is 0.496 e. The molecule has 0 radical (unpaired) electrons. The van der Waals surface area contributed by atoms with Crippen LogP contribution < -0.4 is 20.5 Å². The van der Waals surface area contributed by atoms with Crippen molar-refractivity contribution in [3.8, 4) is 17.0 Å². The van der Waals surface area contributed by atoms with Gasteiger partial charge in [0.15, 0.2) is 0 Å². The molecule has 0 spiro atoms. The van der Waals surface area contributed by atoms with Gasteiger partial charge in [-0.25, -0.2) is 14.4 Å². The van der Waals surface area contributed by atoms with Crippen LogP contribution in [0.15, 0.2) is 59.7 Å². The van der Waals surface area contributed by atoms with Crippen LogP contribution in [0.1, 0.15) is 12.8 Å². The molecule has 9 heteroatoms. The first-order valence-corrected chi connectivity index (χ1v) is 11.0. The topological polar surface area (TPSA) is 103 Å². The summed E-state index contributed by atoms with van der Waals surface area (Å²) in [7, 11) is 1.47. The number of hydrogen-bond donors (Lipinski definition) is 3. The number of aliphatic hydroxyl groups excluding tert-OH is 1. The van der Waals surface area contributed by atoms with Gasteiger partial charge in [-0.2, -0.15) is 0 Å². The molecule has 1 saturated heterocycles. The minimum Gasteiger partial charge on any atom is -0.496 e. The first-order valence-electron chi connectivity index (χ1n) is 11.0. The number of anilines is 3. The van der Waals surface area contributed by atoms with E-state index in [1.165, 1.54) is 19.4 Å². The Hall–Kier alpha value is -3.98. The van der Waals surface area contributed by atoms with E-state index in [-0.39, 0.29) is 17.2 Å². The SMILES string of the molecule is COc1cccc(F)c1-c1cc(Nc2ccc(N3CCC(O)CC3)cn2)c2c(=O)[nH]ccc2n1. The first kappa shape index (κ1) is 21.8. The predicted molar refractivity (Wildman–Crippen MR) is 129 cm³/mol. The molecule has 34 heavy (non-hydrogen) atoms. The molecule has 8 nitrogen and oxygen atoms in total. The van der Waals surface area contributed by atoms with Crippen molar-refractivity contribution in [2.45, 2.75) is 18.9 Å². The number of hydrogen-bond acceptors (Lipinski definition) is 7. The van der Waals surface area contributed by atoms with E-state index in [1.54, 1.807) is 30.5 Å². The van der Waals surface area contributed by atoms with Gasteiger partial charge >= 0.3 is 0 Å². The lowest BCUT2D eigenvalue weighted by molar-refractivity contribution is 0.145. The van der Waals surface area contributed by atoms with Crippen LogP contribution in [0.25, 0.3) is 22.2 Å². The minimum absolute atomic E-state index is 0.214. The molecule has 4 aromatic rings. The van der Waals surface area contributed by atoms with Crippen LogP contribution in [-0.2, 0) is 0 Å². The number of aliphatic hydroxyl groups is 1. The predicted octanol–water partition coefficient (Wildman–Crippen LogP) is 3.84. The number of halogens is 1. The molecule has 0 bridgehead atoms. The molecule has 0 aliphatic carbocycles. The van der Waals surface area contributed by atoms with E-state index in [0.29, 0.717) is 33.9 Å². The van der Waals surface area contributed by atoms with Gasteiger partial charge < -0.3 is 25.0 Å². The van der Waals surface area contributed by atoms with Gasteiger partial charge in [0.1, 0.15) is 17.4 Å². The molecular formula is C25H24FN5O3. The average Bonchev–Trinajstić information content (AvgIpc) is 2.84. The first-order chi connectivity index (χ1) is 16.5. The highest BCUT2D eigenvalue weighted by Gasteiger charge is 2.19. The molecule has 1 fully saturated rings. The molecule has 5 rings (SSSR count). The number of nitrogens with zero attached hydrogens (tertiary/aromatic N) is 3. The van der Waals surface area contributed by atoms with Gasteiger partial charge in [-0.15, -0.1) is 0 Å². The summed E-state index contributed by atoms with van der Waals surface area (Å²) in [6.45, 7) is 1.54. The van der Waals surface area contributed by atoms with E-state index in [4.69, 9.17) is 4.74 Å². The van der Waals surface area contributed by atoms with Crippen molar-refractivity contribution >= 4 is 28.1 Å². The number of aromatic nitrogens is 3. The lowest BCUT2D eigenvalue weighted by Gasteiger charge is -2.31. The van der Waals surface area contributed by atoms with Crippen LogP contribution >= 0.6 is 0 Å². The van der Waals surface area contributed by atoms with Gasteiger partial charge in [-0.1, -0.05) is 6.07 Å². The fraction of sp³-hybridized carbons (Fsp3) is 0.240. The number of ether oxygens (including phenoxy) is 1. The van der Waals surface area contributed by atoms with Crippen molar-refractivity contribution in [1.82, 2.24) is 15.0 Å². The van der Waals surface area contributed by atoms with Gasteiger partial charge in [-0.3, -0.25) is 4.79 Å². The molecule has 0 atom stereocenters. The number of fused-ring (bicyclic) bond motifs is 1. The fourth-order valence-corrected chi connectivity index (χ4v) is 4.25. The zero-order valence-electron chi connectivity index (χ0n) is 18.6. The van der Waals surface area contributed by atoms with Crippen molar-refractivity contribution in [3.63, 3.8) is 0 Å². The van der Waals surface area contributed by atoms with Crippen molar-refractivity contribution in [3.05, 3.63) is 71.0 Å². The second-order valence-electron chi connectivity index (χ2n) is 8.18. The second kappa shape index (κ2) is 9.11. The van der Waals surface area contributed by atoms with Gasteiger partial charge in [0.2, 0.25) is 0 Å². The normalized spacial score (nSPS) is 14.4. The van der Waals surface area contributed by atoms with Gasteiger partial charge in [0.25, 0.3) is 5.56 Å². The zero-order valence-corrected chi connectivity index (χ0v) is 18.6. The molecule has 1 aliphatic heterocycles. The van der Waals surface area contributed by atoms with E-state index >= 15 is 0 Å². The Bertz CT molecular complexity index is 1380. The molecular weight excluding hydrogens is 437 g/mol. The number of H-pyrrole nitrogens is 1. The number of aromatic amines is 1. The number of piperidine rings is 1. The standard InChI is InChI=1S/C25H24FN5O3/c1-34-21-4-2-3-17(26)23(21)19-13-20(24-18(29-19)7-10-27-25(24)33)30-22-6-5-15(14-28-22)31-11-8-16(32)9-12-31/h2-7,10,13-14,16,32H,8-9,11-12H2,1H3,(H,27,33)(H,28,29,30). The Morgan fingerprint density at radius 1 is 1.21 bits per heavy atom. The van der Waals surface area contributed by atoms with Gasteiger partial charge in [-0.05, 0) is 49.2 Å². The number of rotatable bonds is 5. The molecule has 0 amide bonds. The van der Waals surface area contributed by atoms with Crippen molar-refractivity contribution < 1.29 is 14.2 Å². The summed E-state index contributed by atoms with van der Waals surface area (Å²) in [6.07, 6.45) is 4.48. The van der Waals surface area contributed by atoms with E-state index in [0.717, 1.165) is 31.6 Å². The van der Waals surface area contributed by atoms with Crippen LogP contribution in [0.3, 0.4) is 0 Å². The summed E-state index contributed by atoms with van der Waals surface area (Å²) in [4.78, 5) is 26.5. The third-order valence-corrected chi connectivity index (χ3v) is 6.02. The maximum Gasteiger partial charge on any atom is 0.259 e. The van der Waals surface area contributed by atoms with Crippen LogP contribution in [0.5, 0.6) is 5.75 Å². The second-order valence-corrected chi connectivity index (χ2v) is 8.18. The lowest BCUT2D eigenvalue weighted by Crippen LogP contribution is -2.35. The third kappa shape index (κ3) is 4.17. The molecule has 4 heterocycles. The van der Waals surface area contributed by atoms with E-state index in [9.17, 15) is 14.3 Å². The van der Waals surface area contributed by atoms with Crippen molar-refractivity contribution in [2.24, 2.45) is 0 Å². The molecule has 1 aromatic carbocycles. The molecule has 174 valence electrons. The van der Waals surface area contributed by atoms with Crippen LogP contribution in [0.4, 0.5) is 21.6 Å². The summed E-state index contributed by atoms with van der Waals surface area (Å²) in [6, 6.07) is 11.6. The monoisotopic (exact) mass is 461 g/mol. The highest BCUT2D eigenvalue weighted by Crippen LogP contribution is 2.35. The Kier molecular flexibility index (Phi) is 5.85. The fourth-order valence-electron chi connectivity index (χ4n) is 4.25.